The third-order valence-corrected chi connectivity index (χ3v) is 0.531. The van der Waals surface area contributed by atoms with Gasteiger partial charge in [0, 0.05) is 0 Å². The maximum absolute atomic E-state index is 11.4. The molecule has 1 radical (unpaired) electrons. The first-order chi connectivity index (χ1) is 4.39. The fourth-order valence-corrected chi connectivity index (χ4v) is 0.169. The Labute approximate surface area is 52.1 Å². The third kappa shape index (κ3) is 2.12. The van der Waals surface area contributed by atoms with E-state index >= 15 is 0 Å². The molecular weight excluding hydrogens is 159 g/mol. The van der Waals surface area contributed by atoms with Gasteiger partial charge >= 0.3 is 6.18 Å². The van der Waals surface area contributed by atoms with E-state index in [1.807, 2.05) is 0 Å². The molecule has 10 heavy (non-hydrogen) atoms. The van der Waals surface area contributed by atoms with Gasteiger partial charge in [-0.25, -0.2) is 0 Å². The van der Waals surface area contributed by atoms with E-state index in [4.69, 9.17) is 4.79 Å². The van der Waals surface area contributed by atoms with Crippen LogP contribution in [0.15, 0.2) is 11.7 Å². The third-order valence-electron chi connectivity index (χ3n) is 0.531. The fraction of sp³-hybridized carbons (Fsp3) is 0.250. The van der Waals surface area contributed by atoms with E-state index in [1.165, 1.54) is 0 Å². The molecule has 0 unspecified atom stereocenters. The van der Waals surface area contributed by atoms with Gasteiger partial charge in [0.05, 0.1) is 0 Å². The summed E-state index contributed by atoms with van der Waals surface area (Å²) in [5.74, 6) is -5.62. The largest absolute Gasteiger partial charge is 0.446 e. The molecule has 0 rings (SSSR count). The summed E-state index contributed by atoms with van der Waals surface area (Å²) in [7, 11) is 0. The van der Waals surface area contributed by atoms with E-state index < -0.39 is 17.8 Å². The average Bonchev–Trinajstić information content (AvgIpc) is 1.83. The second kappa shape index (κ2) is 2.76. The van der Waals surface area contributed by atoms with Crippen molar-refractivity contribution in [2.75, 3.05) is 0 Å². The molecule has 0 aromatic heterocycles. The van der Waals surface area contributed by atoms with Gasteiger partial charge in [0.15, 0.2) is 0 Å². The molecule has 0 heterocycles. The number of hydrogen-bond acceptors (Lipinski definition) is 1. The summed E-state index contributed by atoms with van der Waals surface area (Å²) in [6.45, 7) is 0. The SMILES string of the molecule is O=[C]/C(F)=C(\F)C(F)(F)F. The lowest BCUT2D eigenvalue weighted by molar-refractivity contribution is -0.110. The zero-order valence-electron chi connectivity index (χ0n) is 4.30. The zero-order valence-corrected chi connectivity index (χ0v) is 4.30. The van der Waals surface area contributed by atoms with Crippen LogP contribution in [-0.2, 0) is 4.79 Å². The van der Waals surface area contributed by atoms with Crippen LogP contribution in [0, 0.1) is 0 Å². The minimum absolute atomic E-state index is 0.139. The van der Waals surface area contributed by atoms with Crippen molar-refractivity contribution in [2.24, 2.45) is 0 Å². The molecule has 0 saturated carbocycles. The van der Waals surface area contributed by atoms with Crippen molar-refractivity contribution in [1.29, 1.82) is 0 Å². The minimum atomic E-state index is -5.44. The lowest BCUT2D eigenvalue weighted by Crippen LogP contribution is -2.09. The Morgan fingerprint density at radius 2 is 1.60 bits per heavy atom. The number of hydrogen-bond donors (Lipinski definition) is 0. The van der Waals surface area contributed by atoms with Crippen molar-refractivity contribution >= 4 is 6.29 Å². The maximum atomic E-state index is 11.4. The lowest BCUT2D eigenvalue weighted by Gasteiger charge is -1.99. The highest BCUT2D eigenvalue weighted by Gasteiger charge is 2.38. The Bertz CT molecular complexity index is 167. The summed E-state index contributed by atoms with van der Waals surface area (Å²) in [6.07, 6.45) is -5.30. The van der Waals surface area contributed by atoms with Gasteiger partial charge < -0.3 is 0 Å². The average molecular weight is 159 g/mol. The fourth-order valence-electron chi connectivity index (χ4n) is 0.169. The van der Waals surface area contributed by atoms with Gasteiger partial charge in [-0.3, -0.25) is 4.79 Å². The number of carbonyl (C=O) groups excluding carboxylic acids is 1. The number of allylic oxidation sites excluding steroid dienone is 2. The Balaban J connectivity index is 4.63. The van der Waals surface area contributed by atoms with Crippen molar-refractivity contribution in [2.45, 2.75) is 6.18 Å². The Hall–Kier alpha value is -0.940. The number of rotatable bonds is 1. The molecule has 0 atom stereocenters. The summed E-state index contributed by atoms with van der Waals surface area (Å²) >= 11 is 0. The molecule has 0 bridgehead atoms. The van der Waals surface area contributed by atoms with E-state index in [1.54, 1.807) is 0 Å². The first-order valence-electron chi connectivity index (χ1n) is 1.90. The highest BCUT2D eigenvalue weighted by atomic mass is 19.4. The minimum Gasteiger partial charge on any atom is -0.282 e. The van der Waals surface area contributed by atoms with Crippen molar-refractivity contribution in [3.8, 4) is 0 Å². The predicted molar refractivity (Wildman–Crippen MR) is 21.0 cm³/mol. The van der Waals surface area contributed by atoms with E-state index in [2.05, 4.69) is 0 Å². The Kier molecular flexibility index (Phi) is 2.50. The molecule has 0 aromatic carbocycles. The van der Waals surface area contributed by atoms with Crippen LogP contribution in [-0.4, -0.2) is 12.5 Å². The summed E-state index contributed by atoms with van der Waals surface area (Å²) in [4.78, 5) is 9.10. The van der Waals surface area contributed by atoms with Gasteiger partial charge in [0.2, 0.25) is 11.7 Å². The van der Waals surface area contributed by atoms with Gasteiger partial charge in [0.25, 0.3) is 6.29 Å². The molecule has 0 spiro atoms. The Morgan fingerprint density at radius 1 is 1.20 bits per heavy atom. The van der Waals surface area contributed by atoms with Gasteiger partial charge in [-0.2, -0.15) is 22.0 Å². The first kappa shape index (κ1) is 9.06. The zero-order chi connectivity index (χ0) is 8.36. The second-order valence-electron chi connectivity index (χ2n) is 1.23. The molecule has 0 aliphatic carbocycles. The predicted octanol–water partition coefficient (Wildman–Crippen LogP) is 1.81. The van der Waals surface area contributed by atoms with Crippen LogP contribution in [0.1, 0.15) is 0 Å². The number of alkyl halides is 3. The summed E-state index contributed by atoms with van der Waals surface area (Å²) in [5, 5.41) is 0. The van der Waals surface area contributed by atoms with Gasteiger partial charge in [-0.1, -0.05) is 0 Å². The molecule has 0 saturated heterocycles. The maximum Gasteiger partial charge on any atom is 0.446 e. The molecule has 0 N–H and O–H groups in total. The molecule has 0 aliphatic rings. The van der Waals surface area contributed by atoms with Crippen LogP contribution in [0.3, 0.4) is 0 Å². The van der Waals surface area contributed by atoms with Gasteiger partial charge in [0.1, 0.15) is 0 Å². The Morgan fingerprint density at radius 3 is 1.70 bits per heavy atom. The van der Waals surface area contributed by atoms with Crippen LogP contribution in [0.2, 0.25) is 0 Å². The van der Waals surface area contributed by atoms with Crippen LogP contribution in [0.25, 0.3) is 0 Å². The topological polar surface area (TPSA) is 17.1 Å². The van der Waals surface area contributed by atoms with Crippen LogP contribution >= 0.6 is 0 Å². The van der Waals surface area contributed by atoms with Crippen LogP contribution in [0.5, 0.6) is 0 Å². The highest BCUT2D eigenvalue weighted by Crippen LogP contribution is 2.28. The van der Waals surface area contributed by atoms with Crippen molar-refractivity contribution < 1.29 is 26.7 Å². The van der Waals surface area contributed by atoms with Crippen LogP contribution in [0.4, 0.5) is 22.0 Å². The van der Waals surface area contributed by atoms with E-state index in [-0.39, 0.29) is 6.29 Å². The monoisotopic (exact) mass is 159 g/mol. The molecule has 0 aliphatic heterocycles. The van der Waals surface area contributed by atoms with Gasteiger partial charge in [-0.15, -0.1) is 0 Å². The molecular formula is C4F5O. The lowest BCUT2D eigenvalue weighted by atomic mass is 10.4. The smallest absolute Gasteiger partial charge is 0.282 e. The molecule has 6 heteroatoms. The molecule has 0 aromatic rings. The summed E-state index contributed by atoms with van der Waals surface area (Å²) in [6, 6.07) is 0. The second-order valence-corrected chi connectivity index (χ2v) is 1.23. The first-order valence-corrected chi connectivity index (χ1v) is 1.90. The summed E-state index contributed by atoms with van der Waals surface area (Å²) < 4.78 is 55.9. The normalized spacial score (nSPS) is 14.5. The van der Waals surface area contributed by atoms with E-state index in [0.29, 0.717) is 0 Å². The van der Waals surface area contributed by atoms with Gasteiger partial charge in [-0.05, 0) is 0 Å². The molecule has 1 nitrogen and oxygen atoms in total. The van der Waals surface area contributed by atoms with E-state index in [9.17, 15) is 22.0 Å². The van der Waals surface area contributed by atoms with E-state index in [0.717, 1.165) is 0 Å². The van der Waals surface area contributed by atoms with Crippen molar-refractivity contribution in [3.63, 3.8) is 0 Å². The standard InChI is InChI=1S/C4F5O/c5-2(1-10)3(6)4(7,8)9/b3-2+. The van der Waals surface area contributed by atoms with Crippen LogP contribution < -0.4 is 0 Å². The summed E-state index contributed by atoms with van der Waals surface area (Å²) in [5.41, 5.74) is 0. The molecule has 0 amide bonds. The van der Waals surface area contributed by atoms with Crippen molar-refractivity contribution in [3.05, 3.63) is 11.7 Å². The molecule has 0 fully saturated rings. The molecule has 57 valence electrons. The highest BCUT2D eigenvalue weighted by molar-refractivity contribution is 5.71. The number of halogens is 5. The quantitative estimate of drug-likeness (QED) is 0.421. The van der Waals surface area contributed by atoms with Crippen molar-refractivity contribution in [1.82, 2.24) is 0 Å².